The van der Waals surface area contributed by atoms with E-state index < -0.39 is 0 Å². The molecule has 1 nitrogen and oxygen atoms in total. The summed E-state index contributed by atoms with van der Waals surface area (Å²) in [5.41, 5.74) is 0.278. The number of hydrogen-bond donors (Lipinski definition) is 0. The zero-order chi connectivity index (χ0) is 6.16. The maximum Gasteiger partial charge on any atom is 0.112 e. The SMILES string of the molecule is C1=COC2(C1)CCCC2. The average Bonchev–Trinajstić information content (AvgIpc) is 2.45. The van der Waals surface area contributed by atoms with E-state index >= 15 is 0 Å². The minimum absolute atomic E-state index is 0.278. The van der Waals surface area contributed by atoms with Crippen LogP contribution in [0.4, 0.5) is 0 Å². The molecule has 1 aliphatic heterocycles. The normalized spacial score (nSPS) is 29.3. The second-order valence-corrected chi connectivity index (χ2v) is 3.08. The van der Waals surface area contributed by atoms with Gasteiger partial charge in [-0.05, 0) is 31.8 Å². The van der Waals surface area contributed by atoms with Crippen molar-refractivity contribution in [2.24, 2.45) is 0 Å². The van der Waals surface area contributed by atoms with E-state index in [1.807, 2.05) is 6.26 Å². The van der Waals surface area contributed by atoms with Crippen LogP contribution in [0.3, 0.4) is 0 Å². The molecule has 1 heterocycles. The van der Waals surface area contributed by atoms with Crippen LogP contribution in [0, 0.1) is 0 Å². The van der Waals surface area contributed by atoms with Crippen LogP contribution >= 0.6 is 0 Å². The first-order chi connectivity index (χ1) is 4.41. The fraction of sp³-hybridized carbons (Fsp3) is 0.750. The summed E-state index contributed by atoms with van der Waals surface area (Å²) in [5.74, 6) is 0. The fourth-order valence-corrected chi connectivity index (χ4v) is 1.84. The molecule has 2 aliphatic rings. The third-order valence-electron chi connectivity index (χ3n) is 2.42. The van der Waals surface area contributed by atoms with E-state index in [2.05, 4.69) is 6.08 Å². The third-order valence-corrected chi connectivity index (χ3v) is 2.42. The first-order valence-electron chi connectivity index (χ1n) is 3.74. The third kappa shape index (κ3) is 0.752. The van der Waals surface area contributed by atoms with Crippen LogP contribution in [-0.4, -0.2) is 5.60 Å². The van der Waals surface area contributed by atoms with E-state index in [0.717, 1.165) is 6.42 Å². The number of hydrogen-bond acceptors (Lipinski definition) is 1. The fourth-order valence-electron chi connectivity index (χ4n) is 1.84. The van der Waals surface area contributed by atoms with Gasteiger partial charge in [0.05, 0.1) is 6.26 Å². The van der Waals surface area contributed by atoms with Crippen LogP contribution in [0.1, 0.15) is 32.1 Å². The number of ether oxygens (including phenoxy) is 1. The lowest BCUT2D eigenvalue weighted by Crippen LogP contribution is -2.21. The molecule has 0 N–H and O–H groups in total. The molecule has 0 saturated heterocycles. The molecule has 0 bridgehead atoms. The van der Waals surface area contributed by atoms with Crippen LogP contribution in [0.15, 0.2) is 12.3 Å². The zero-order valence-electron chi connectivity index (χ0n) is 5.60. The largest absolute Gasteiger partial charge is 0.495 e. The van der Waals surface area contributed by atoms with Gasteiger partial charge in [-0.15, -0.1) is 0 Å². The minimum Gasteiger partial charge on any atom is -0.495 e. The monoisotopic (exact) mass is 124 g/mol. The second-order valence-electron chi connectivity index (χ2n) is 3.08. The van der Waals surface area contributed by atoms with Crippen molar-refractivity contribution < 1.29 is 4.74 Å². The highest BCUT2D eigenvalue weighted by molar-refractivity contribution is 5.00. The molecule has 1 fully saturated rings. The molecule has 0 unspecified atom stereocenters. The van der Waals surface area contributed by atoms with Crippen LogP contribution < -0.4 is 0 Å². The lowest BCUT2D eigenvalue weighted by atomic mass is 10.00. The van der Waals surface area contributed by atoms with Crippen LogP contribution in [0.2, 0.25) is 0 Å². The molecule has 1 aliphatic carbocycles. The summed E-state index contributed by atoms with van der Waals surface area (Å²) in [4.78, 5) is 0. The van der Waals surface area contributed by atoms with Gasteiger partial charge in [-0.3, -0.25) is 0 Å². The van der Waals surface area contributed by atoms with E-state index in [-0.39, 0.29) is 5.60 Å². The molecule has 0 radical (unpaired) electrons. The van der Waals surface area contributed by atoms with Crippen LogP contribution in [0.5, 0.6) is 0 Å². The Balaban J connectivity index is 2.07. The first-order valence-corrected chi connectivity index (χ1v) is 3.74. The Kier molecular flexibility index (Phi) is 1.04. The Morgan fingerprint density at radius 2 is 2.00 bits per heavy atom. The Morgan fingerprint density at radius 3 is 2.56 bits per heavy atom. The van der Waals surface area contributed by atoms with Gasteiger partial charge in [-0.1, -0.05) is 0 Å². The Bertz CT molecular complexity index is 122. The Morgan fingerprint density at radius 1 is 1.22 bits per heavy atom. The summed E-state index contributed by atoms with van der Waals surface area (Å²) in [5, 5.41) is 0. The van der Waals surface area contributed by atoms with Crippen LogP contribution in [-0.2, 0) is 4.74 Å². The van der Waals surface area contributed by atoms with Crippen molar-refractivity contribution in [2.75, 3.05) is 0 Å². The zero-order valence-corrected chi connectivity index (χ0v) is 5.60. The molecule has 0 aromatic carbocycles. The van der Waals surface area contributed by atoms with Gasteiger partial charge in [0.1, 0.15) is 5.60 Å². The van der Waals surface area contributed by atoms with E-state index in [9.17, 15) is 0 Å². The summed E-state index contributed by atoms with van der Waals surface area (Å²) >= 11 is 0. The summed E-state index contributed by atoms with van der Waals surface area (Å²) < 4.78 is 5.52. The molecule has 0 atom stereocenters. The highest BCUT2D eigenvalue weighted by atomic mass is 16.5. The summed E-state index contributed by atoms with van der Waals surface area (Å²) in [6.07, 6.45) is 10.5. The molecule has 0 amide bonds. The van der Waals surface area contributed by atoms with Gasteiger partial charge < -0.3 is 4.74 Å². The molecular weight excluding hydrogens is 112 g/mol. The molecule has 9 heavy (non-hydrogen) atoms. The smallest absolute Gasteiger partial charge is 0.112 e. The average molecular weight is 124 g/mol. The Labute approximate surface area is 55.7 Å². The van der Waals surface area contributed by atoms with Crippen molar-refractivity contribution >= 4 is 0 Å². The quantitative estimate of drug-likeness (QED) is 0.481. The predicted molar refractivity (Wildman–Crippen MR) is 36.0 cm³/mol. The molecule has 1 saturated carbocycles. The van der Waals surface area contributed by atoms with E-state index in [0.29, 0.717) is 0 Å². The molecule has 1 spiro atoms. The minimum atomic E-state index is 0.278. The molecule has 50 valence electrons. The van der Waals surface area contributed by atoms with Crippen molar-refractivity contribution in [3.05, 3.63) is 12.3 Å². The van der Waals surface area contributed by atoms with Crippen molar-refractivity contribution in [2.45, 2.75) is 37.7 Å². The highest BCUT2D eigenvalue weighted by Crippen LogP contribution is 2.39. The Hall–Kier alpha value is -0.460. The lowest BCUT2D eigenvalue weighted by molar-refractivity contribution is 0.0518. The highest BCUT2D eigenvalue weighted by Gasteiger charge is 2.35. The lowest BCUT2D eigenvalue weighted by Gasteiger charge is -2.21. The van der Waals surface area contributed by atoms with Gasteiger partial charge >= 0.3 is 0 Å². The summed E-state index contributed by atoms with van der Waals surface area (Å²) in [6, 6.07) is 0. The first kappa shape index (κ1) is 5.33. The van der Waals surface area contributed by atoms with Crippen molar-refractivity contribution in [3.8, 4) is 0 Å². The molecular formula is C8H12O. The van der Waals surface area contributed by atoms with Crippen LogP contribution in [0.25, 0.3) is 0 Å². The van der Waals surface area contributed by atoms with Gasteiger partial charge in [-0.2, -0.15) is 0 Å². The standard InChI is InChI=1S/C8H12O/c1-2-5-8(4-1)6-3-7-9-8/h3,7H,1-2,4-6H2. The van der Waals surface area contributed by atoms with E-state index in [1.54, 1.807) is 0 Å². The van der Waals surface area contributed by atoms with Gasteiger partial charge in [0, 0.05) is 6.42 Å². The molecule has 2 rings (SSSR count). The predicted octanol–water partition coefficient (Wildman–Crippen LogP) is 2.23. The van der Waals surface area contributed by atoms with E-state index in [1.165, 1.54) is 25.7 Å². The summed E-state index contributed by atoms with van der Waals surface area (Å²) in [6.45, 7) is 0. The maximum atomic E-state index is 5.52. The van der Waals surface area contributed by atoms with Gasteiger partial charge in [0.15, 0.2) is 0 Å². The molecule has 0 aromatic rings. The molecule has 0 aromatic heterocycles. The molecule has 1 heteroatoms. The topological polar surface area (TPSA) is 9.23 Å². The number of rotatable bonds is 0. The van der Waals surface area contributed by atoms with Crippen molar-refractivity contribution in [1.29, 1.82) is 0 Å². The second kappa shape index (κ2) is 1.76. The van der Waals surface area contributed by atoms with Gasteiger partial charge in [-0.25, -0.2) is 0 Å². The summed E-state index contributed by atoms with van der Waals surface area (Å²) in [7, 11) is 0. The maximum absolute atomic E-state index is 5.52. The van der Waals surface area contributed by atoms with E-state index in [4.69, 9.17) is 4.74 Å². The van der Waals surface area contributed by atoms with Crippen molar-refractivity contribution in [1.82, 2.24) is 0 Å². The van der Waals surface area contributed by atoms with Gasteiger partial charge in [0.2, 0.25) is 0 Å². The van der Waals surface area contributed by atoms with Gasteiger partial charge in [0.25, 0.3) is 0 Å². The van der Waals surface area contributed by atoms with Crippen molar-refractivity contribution in [3.63, 3.8) is 0 Å².